The van der Waals surface area contributed by atoms with Gasteiger partial charge < -0.3 is 19.9 Å². The van der Waals surface area contributed by atoms with Gasteiger partial charge in [0.15, 0.2) is 0 Å². The van der Waals surface area contributed by atoms with Crippen LogP contribution in [0.25, 0.3) is 16.6 Å². The predicted molar refractivity (Wildman–Crippen MR) is 224 cm³/mol. The number of pyridine rings is 1. The molecular formula is C42H46ClN7O6S. The number of nitro groups is 1. The zero-order chi connectivity index (χ0) is 40.5. The second-order valence-electron chi connectivity index (χ2n) is 15.5. The van der Waals surface area contributed by atoms with Gasteiger partial charge in [0.25, 0.3) is 21.6 Å². The lowest BCUT2D eigenvalue weighted by atomic mass is 9.72. The Balaban J connectivity index is 1.14. The van der Waals surface area contributed by atoms with Gasteiger partial charge in [-0.25, -0.2) is 18.1 Å². The maximum atomic E-state index is 13.8. The number of ether oxygens (including phenoxy) is 1. The fourth-order valence-electron chi connectivity index (χ4n) is 7.86. The number of benzene rings is 3. The highest BCUT2D eigenvalue weighted by Gasteiger charge is 2.32. The molecule has 15 heteroatoms. The van der Waals surface area contributed by atoms with E-state index in [0.717, 1.165) is 61.1 Å². The highest BCUT2D eigenvalue weighted by molar-refractivity contribution is 7.90. The minimum Gasteiger partial charge on any atom is -0.455 e. The van der Waals surface area contributed by atoms with Crippen molar-refractivity contribution in [3.05, 3.63) is 117 Å². The lowest BCUT2D eigenvalue weighted by Gasteiger charge is -2.43. The standard InChI is InChI=1S/C42H46ClN7O6S/c1-5-44-37-13-11-34(22-38(37)50(52)53)57(54,55)47-41(51)36-12-10-32(21-39(36)56-33-20-29-15-17-45-40(29)46-24-33)49-19-18-48(25-27(49)2)26-30-23-42(3,4)16-14-35(30)28-6-8-31(43)9-7-28/h6-13,15,17,20-22,24,27,44H,5,14,16,18-19,23,25-26H2,1-4H3,(H,45,46)(H,47,51)/t27-/m1/s1. The first-order valence-electron chi connectivity index (χ1n) is 19.0. The maximum absolute atomic E-state index is 13.8. The Hall–Kier alpha value is -5.44. The summed E-state index contributed by atoms with van der Waals surface area (Å²) in [4.78, 5) is 36.7. The third kappa shape index (κ3) is 8.93. The first-order chi connectivity index (χ1) is 27.2. The summed E-state index contributed by atoms with van der Waals surface area (Å²) in [7, 11) is -4.52. The molecule has 7 rings (SSSR count). The molecule has 0 unspecified atom stereocenters. The summed E-state index contributed by atoms with van der Waals surface area (Å²) >= 11 is 6.23. The zero-order valence-electron chi connectivity index (χ0n) is 32.3. The maximum Gasteiger partial charge on any atom is 0.293 e. The van der Waals surface area contributed by atoms with Gasteiger partial charge in [0.2, 0.25) is 0 Å². The molecule has 2 aliphatic rings. The summed E-state index contributed by atoms with van der Waals surface area (Å²) in [6, 6.07) is 20.4. The normalized spacial score (nSPS) is 17.4. The molecule has 1 atom stereocenters. The molecule has 1 aliphatic carbocycles. The van der Waals surface area contributed by atoms with E-state index in [-0.39, 0.29) is 28.5 Å². The molecule has 3 N–H and O–H groups in total. The number of fused-ring (bicyclic) bond motifs is 1. The van der Waals surface area contributed by atoms with Crippen LogP contribution < -0.4 is 19.7 Å². The van der Waals surface area contributed by atoms with Gasteiger partial charge in [-0.2, -0.15) is 0 Å². The van der Waals surface area contributed by atoms with Crippen molar-refractivity contribution in [2.75, 3.05) is 42.9 Å². The van der Waals surface area contributed by atoms with Crippen LogP contribution in [0.1, 0.15) is 62.9 Å². The number of H-pyrrole nitrogens is 1. The number of allylic oxidation sites excluding steroid dienone is 1. The van der Waals surface area contributed by atoms with Crippen LogP contribution in [0.15, 0.2) is 95.7 Å². The van der Waals surface area contributed by atoms with E-state index in [4.69, 9.17) is 16.3 Å². The van der Waals surface area contributed by atoms with Crippen molar-refractivity contribution >= 4 is 61.2 Å². The summed E-state index contributed by atoms with van der Waals surface area (Å²) in [6.45, 7) is 12.2. The number of amides is 1. The number of hydrogen-bond acceptors (Lipinski definition) is 10. The van der Waals surface area contributed by atoms with Crippen molar-refractivity contribution in [2.45, 2.75) is 57.9 Å². The third-order valence-electron chi connectivity index (χ3n) is 10.7. The molecule has 1 saturated heterocycles. The monoisotopic (exact) mass is 811 g/mol. The molecule has 0 saturated carbocycles. The van der Waals surface area contributed by atoms with E-state index >= 15 is 0 Å². The molecule has 2 aromatic heterocycles. The number of nitrogens with zero attached hydrogens (tertiary/aromatic N) is 4. The van der Waals surface area contributed by atoms with Crippen molar-refractivity contribution in [3.8, 4) is 11.5 Å². The minimum absolute atomic E-state index is 0.0388. The van der Waals surface area contributed by atoms with E-state index in [1.165, 1.54) is 35.0 Å². The second-order valence-corrected chi connectivity index (χ2v) is 17.6. The van der Waals surface area contributed by atoms with E-state index in [2.05, 4.69) is 62.7 Å². The number of nitro benzene ring substituents is 1. The van der Waals surface area contributed by atoms with Crippen molar-refractivity contribution in [1.29, 1.82) is 0 Å². The quantitative estimate of drug-likeness (QED) is 0.0821. The SMILES string of the molecule is CCNc1ccc(S(=O)(=O)NC(=O)c2ccc(N3CCN(CC4=C(c5ccc(Cl)cc5)CCC(C)(C)C4)C[C@H]3C)cc2Oc2cnc3[nH]ccc3c2)cc1[N+](=O)[O-]. The number of rotatable bonds is 12. The van der Waals surface area contributed by atoms with E-state index in [1.54, 1.807) is 37.4 Å². The Kier molecular flexibility index (Phi) is 11.3. The molecule has 0 spiro atoms. The average Bonchev–Trinajstić information content (AvgIpc) is 3.63. The molecule has 298 valence electrons. The summed E-state index contributed by atoms with van der Waals surface area (Å²) in [5, 5.41) is 16.1. The highest BCUT2D eigenvalue weighted by Crippen LogP contribution is 2.43. The molecule has 57 heavy (non-hydrogen) atoms. The van der Waals surface area contributed by atoms with Crippen molar-refractivity contribution in [1.82, 2.24) is 19.6 Å². The van der Waals surface area contributed by atoms with Gasteiger partial charge in [-0.1, -0.05) is 43.2 Å². The van der Waals surface area contributed by atoms with Crippen LogP contribution in [-0.4, -0.2) is 72.9 Å². The molecular weight excluding hydrogens is 766 g/mol. The van der Waals surface area contributed by atoms with Gasteiger partial charge in [-0.05, 0) is 98.2 Å². The van der Waals surface area contributed by atoms with Gasteiger partial charge in [-0.15, -0.1) is 0 Å². The average molecular weight is 812 g/mol. The number of sulfonamides is 1. The van der Waals surface area contributed by atoms with E-state index in [1.807, 2.05) is 18.2 Å². The molecule has 1 fully saturated rings. The lowest BCUT2D eigenvalue weighted by Crippen LogP contribution is -2.52. The van der Waals surface area contributed by atoms with Crippen LogP contribution in [0.4, 0.5) is 17.1 Å². The molecule has 1 aliphatic heterocycles. The first-order valence-corrected chi connectivity index (χ1v) is 20.9. The molecule has 0 bridgehead atoms. The van der Waals surface area contributed by atoms with Crippen LogP contribution in [0.5, 0.6) is 11.5 Å². The molecule has 13 nitrogen and oxygen atoms in total. The number of hydrogen-bond donors (Lipinski definition) is 3. The van der Waals surface area contributed by atoms with Gasteiger partial charge in [0.05, 0.1) is 21.6 Å². The number of halogens is 1. The summed E-state index contributed by atoms with van der Waals surface area (Å²) < 4.78 is 35.4. The minimum atomic E-state index is -4.52. The highest BCUT2D eigenvalue weighted by atomic mass is 35.5. The summed E-state index contributed by atoms with van der Waals surface area (Å²) in [6.07, 6.45) is 6.46. The first kappa shape index (κ1) is 39.8. The van der Waals surface area contributed by atoms with Crippen molar-refractivity contribution in [2.24, 2.45) is 5.41 Å². The Bertz CT molecular complexity index is 2470. The van der Waals surface area contributed by atoms with Crippen LogP contribution >= 0.6 is 11.6 Å². The van der Waals surface area contributed by atoms with Crippen molar-refractivity contribution in [3.63, 3.8) is 0 Å². The fourth-order valence-corrected chi connectivity index (χ4v) is 8.98. The number of piperazine rings is 1. The van der Waals surface area contributed by atoms with Crippen LogP contribution in [0, 0.1) is 15.5 Å². The Morgan fingerprint density at radius 3 is 2.61 bits per heavy atom. The fraction of sp³-hybridized carbons (Fsp3) is 0.333. The Morgan fingerprint density at radius 1 is 1.09 bits per heavy atom. The van der Waals surface area contributed by atoms with Crippen LogP contribution in [0.3, 0.4) is 0 Å². The Labute approximate surface area is 337 Å². The van der Waals surface area contributed by atoms with Crippen LogP contribution in [-0.2, 0) is 10.0 Å². The van der Waals surface area contributed by atoms with E-state index in [9.17, 15) is 23.3 Å². The number of carbonyl (C=O) groups is 1. The smallest absolute Gasteiger partial charge is 0.293 e. The Morgan fingerprint density at radius 2 is 1.88 bits per heavy atom. The van der Waals surface area contributed by atoms with Gasteiger partial charge in [0.1, 0.15) is 22.8 Å². The van der Waals surface area contributed by atoms with Crippen molar-refractivity contribution < 1.29 is 22.9 Å². The summed E-state index contributed by atoms with van der Waals surface area (Å²) in [5.74, 6) is -0.477. The lowest BCUT2D eigenvalue weighted by molar-refractivity contribution is -0.384. The summed E-state index contributed by atoms with van der Waals surface area (Å²) in [5.41, 5.74) is 5.50. The number of nitrogens with one attached hydrogen (secondary N) is 3. The largest absolute Gasteiger partial charge is 0.455 e. The molecule has 3 heterocycles. The molecule has 0 radical (unpaired) electrons. The number of aromatic amines is 1. The molecule has 3 aromatic carbocycles. The number of aromatic nitrogens is 2. The van der Waals surface area contributed by atoms with Gasteiger partial charge in [-0.3, -0.25) is 19.8 Å². The number of carbonyl (C=O) groups excluding carboxylic acids is 1. The van der Waals surface area contributed by atoms with E-state index in [0.29, 0.717) is 24.5 Å². The zero-order valence-corrected chi connectivity index (χ0v) is 33.9. The van der Waals surface area contributed by atoms with E-state index < -0.39 is 31.4 Å². The van der Waals surface area contributed by atoms with Crippen LogP contribution in [0.2, 0.25) is 5.02 Å². The van der Waals surface area contributed by atoms with Gasteiger partial charge in [0, 0.05) is 73.2 Å². The topological polar surface area (TPSA) is 163 Å². The molecule has 5 aromatic rings. The van der Waals surface area contributed by atoms with Gasteiger partial charge >= 0.3 is 0 Å². The third-order valence-corrected chi connectivity index (χ3v) is 12.3. The second kappa shape index (κ2) is 16.2. The molecule has 1 amide bonds. The predicted octanol–water partition coefficient (Wildman–Crippen LogP) is 8.64. The number of anilines is 2.